The summed E-state index contributed by atoms with van der Waals surface area (Å²) in [6, 6.07) is 7.85. The molecule has 1 aromatic rings. The number of hydrogen-bond acceptors (Lipinski definition) is 1. The Kier molecular flexibility index (Phi) is 6.22. The van der Waals surface area contributed by atoms with Crippen molar-refractivity contribution < 1.29 is 26.5 Å². The molecule has 0 amide bonds. The van der Waals surface area contributed by atoms with Crippen LogP contribution in [0.4, 0.5) is 17.3 Å². The van der Waals surface area contributed by atoms with Gasteiger partial charge in [-0.2, -0.15) is 0 Å². The summed E-state index contributed by atoms with van der Waals surface area (Å²) in [6.45, 7) is 2.58. The molecule has 7 heteroatoms. The smallest absolute Gasteiger partial charge is 0.418 e. The van der Waals surface area contributed by atoms with Gasteiger partial charge in [-0.1, -0.05) is 24.3 Å². The van der Waals surface area contributed by atoms with E-state index >= 15 is 0 Å². The Morgan fingerprint density at radius 3 is 1.68 bits per heavy atom. The minimum atomic E-state index is -6.00. The molecule has 0 saturated heterocycles. The molecule has 1 aromatic carbocycles. The van der Waals surface area contributed by atoms with Crippen LogP contribution in [0.2, 0.25) is 0 Å². The van der Waals surface area contributed by atoms with E-state index in [1.54, 1.807) is 6.92 Å². The van der Waals surface area contributed by atoms with Gasteiger partial charge in [0.15, 0.2) is 5.78 Å². The quantitative estimate of drug-likeness (QED) is 0.359. The molecule has 0 aromatic heterocycles. The monoisotopic (exact) mass is 279 g/mol. The van der Waals surface area contributed by atoms with Crippen molar-refractivity contribution in [2.45, 2.75) is 13.5 Å². The first-order valence-electron chi connectivity index (χ1n) is 5.66. The first-order valence-corrected chi connectivity index (χ1v) is 5.66. The third-order valence-corrected chi connectivity index (χ3v) is 2.02. The molecular formula is C12H18BF4NO. The van der Waals surface area contributed by atoms with E-state index in [2.05, 4.69) is 21.1 Å². The lowest BCUT2D eigenvalue weighted by atomic mass is 10.1. The molecule has 0 aliphatic rings. The van der Waals surface area contributed by atoms with Crippen LogP contribution < -0.4 is 0 Å². The zero-order valence-electron chi connectivity index (χ0n) is 11.5. The summed E-state index contributed by atoms with van der Waals surface area (Å²) in [5.41, 5.74) is 2.05. The summed E-state index contributed by atoms with van der Waals surface area (Å²) < 4.78 is 39.9. The van der Waals surface area contributed by atoms with Crippen LogP contribution in [-0.2, 0) is 6.54 Å². The van der Waals surface area contributed by atoms with Crippen LogP contribution in [0.25, 0.3) is 0 Å². The topological polar surface area (TPSA) is 17.1 Å². The molecule has 0 unspecified atom stereocenters. The van der Waals surface area contributed by atoms with E-state index in [9.17, 15) is 22.1 Å². The molecule has 0 atom stereocenters. The summed E-state index contributed by atoms with van der Waals surface area (Å²) in [5, 5.41) is 0. The Bertz CT molecular complexity index is 403. The van der Waals surface area contributed by atoms with Crippen LogP contribution in [0.3, 0.4) is 0 Å². The van der Waals surface area contributed by atoms with E-state index in [-0.39, 0.29) is 5.78 Å². The molecule has 0 aliphatic carbocycles. The minimum Gasteiger partial charge on any atom is -0.418 e. The number of rotatable bonds is 3. The van der Waals surface area contributed by atoms with Gasteiger partial charge in [-0.3, -0.25) is 4.79 Å². The maximum absolute atomic E-state index is 11.0. The van der Waals surface area contributed by atoms with Crippen molar-refractivity contribution >= 4 is 13.0 Å². The van der Waals surface area contributed by atoms with Crippen molar-refractivity contribution in [3.8, 4) is 0 Å². The van der Waals surface area contributed by atoms with Crippen molar-refractivity contribution in [1.29, 1.82) is 0 Å². The number of ketones is 1. The minimum absolute atomic E-state index is 0.127. The number of benzene rings is 1. The molecule has 0 saturated carbocycles. The van der Waals surface area contributed by atoms with Crippen LogP contribution in [0.5, 0.6) is 0 Å². The zero-order chi connectivity index (χ0) is 15.3. The number of nitrogens with zero attached hydrogens (tertiary/aromatic N) is 1. The largest absolute Gasteiger partial charge is 0.673 e. The highest BCUT2D eigenvalue weighted by atomic mass is 19.5. The van der Waals surface area contributed by atoms with Crippen LogP contribution in [0.15, 0.2) is 24.3 Å². The van der Waals surface area contributed by atoms with Gasteiger partial charge in [0.05, 0.1) is 21.1 Å². The highest BCUT2D eigenvalue weighted by Gasteiger charge is 2.20. The van der Waals surface area contributed by atoms with Gasteiger partial charge >= 0.3 is 7.25 Å². The third-order valence-electron chi connectivity index (χ3n) is 2.02. The Labute approximate surface area is 110 Å². The maximum Gasteiger partial charge on any atom is 0.673 e. The second-order valence-electron chi connectivity index (χ2n) is 5.20. The second-order valence-corrected chi connectivity index (χ2v) is 5.20. The van der Waals surface area contributed by atoms with Crippen molar-refractivity contribution in [2.75, 3.05) is 21.1 Å². The summed E-state index contributed by atoms with van der Waals surface area (Å²) >= 11 is 0. The van der Waals surface area contributed by atoms with Crippen LogP contribution >= 0.6 is 0 Å². The fourth-order valence-corrected chi connectivity index (χ4v) is 1.39. The van der Waals surface area contributed by atoms with E-state index in [0.29, 0.717) is 0 Å². The first-order chi connectivity index (χ1) is 8.38. The summed E-state index contributed by atoms with van der Waals surface area (Å²) in [5.74, 6) is 0.127. The van der Waals surface area contributed by atoms with Gasteiger partial charge in [0.25, 0.3) is 0 Å². The molecule has 0 spiro atoms. The van der Waals surface area contributed by atoms with Crippen molar-refractivity contribution in [2.24, 2.45) is 0 Å². The molecule has 0 bridgehead atoms. The summed E-state index contributed by atoms with van der Waals surface area (Å²) in [4.78, 5) is 11.0. The molecule has 0 fully saturated rings. The number of Topliss-reactive ketones (excluding diaryl/α,β-unsaturated/α-hetero) is 1. The Morgan fingerprint density at radius 2 is 1.42 bits per heavy atom. The highest BCUT2D eigenvalue weighted by molar-refractivity contribution is 6.50. The van der Waals surface area contributed by atoms with E-state index in [4.69, 9.17) is 0 Å². The van der Waals surface area contributed by atoms with Gasteiger partial charge in [-0.05, 0) is 6.92 Å². The number of carbonyl (C=O) groups is 1. The molecule has 0 heterocycles. The molecular weight excluding hydrogens is 261 g/mol. The van der Waals surface area contributed by atoms with Crippen LogP contribution in [0.1, 0.15) is 22.8 Å². The van der Waals surface area contributed by atoms with E-state index < -0.39 is 7.25 Å². The zero-order valence-corrected chi connectivity index (χ0v) is 11.5. The van der Waals surface area contributed by atoms with E-state index in [0.717, 1.165) is 16.6 Å². The van der Waals surface area contributed by atoms with Crippen molar-refractivity contribution in [3.05, 3.63) is 35.4 Å². The highest BCUT2D eigenvalue weighted by Crippen LogP contribution is 2.09. The fraction of sp³-hybridized carbons (Fsp3) is 0.417. The van der Waals surface area contributed by atoms with Crippen molar-refractivity contribution in [1.82, 2.24) is 0 Å². The van der Waals surface area contributed by atoms with E-state index in [1.807, 2.05) is 24.3 Å². The Balaban J connectivity index is 0.000000555. The van der Waals surface area contributed by atoms with E-state index in [1.165, 1.54) is 5.56 Å². The lowest BCUT2D eigenvalue weighted by Gasteiger charge is -2.23. The van der Waals surface area contributed by atoms with Crippen LogP contribution in [-0.4, -0.2) is 38.7 Å². The molecule has 1 rings (SSSR count). The average Bonchev–Trinajstić information content (AvgIpc) is 2.12. The lowest BCUT2D eigenvalue weighted by Crippen LogP contribution is -2.33. The summed E-state index contributed by atoms with van der Waals surface area (Å²) in [6.07, 6.45) is 0. The fourth-order valence-electron chi connectivity index (χ4n) is 1.39. The summed E-state index contributed by atoms with van der Waals surface area (Å²) in [7, 11) is 0.455. The van der Waals surface area contributed by atoms with Gasteiger partial charge in [0.2, 0.25) is 0 Å². The third kappa shape index (κ3) is 11.5. The van der Waals surface area contributed by atoms with Crippen molar-refractivity contribution in [3.63, 3.8) is 0 Å². The van der Waals surface area contributed by atoms with Gasteiger partial charge in [-0.15, -0.1) is 0 Å². The predicted molar refractivity (Wildman–Crippen MR) is 68.4 cm³/mol. The molecule has 108 valence electrons. The first kappa shape index (κ1) is 17.6. The SMILES string of the molecule is CC(=O)c1ccc(C[N+](C)(C)C)cc1.F[B-](F)(F)F. The molecule has 0 N–H and O–H groups in total. The predicted octanol–water partition coefficient (Wildman–Crippen LogP) is 3.40. The molecule has 0 aliphatic heterocycles. The number of quaternary nitrogens is 1. The maximum atomic E-state index is 11.0. The van der Waals surface area contributed by atoms with Crippen LogP contribution in [0, 0.1) is 0 Å². The molecule has 0 radical (unpaired) electrons. The normalized spacial score (nSPS) is 11.6. The standard InChI is InChI=1S/C12H18NO.BF4/c1-10(14)12-7-5-11(6-8-12)9-13(2,3)4;2-1(3,4)5/h5-8H,9H2,1-4H3;/q+1;-1. The average molecular weight is 279 g/mol. The Hall–Kier alpha value is -1.37. The molecule has 19 heavy (non-hydrogen) atoms. The van der Waals surface area contributed by atoms with Gasteiger partial charge in [-0.25, -0.2) is 0 Å². The van der Waals surface area contributed by atoms with Gasteiger partial charge in [0.1, 0.15) is 6.54 Å². The number of halogens is 4. The number of carbonyl (C=O) groups excluding carboxylic acids is 1. The number of hydrogen-bond donors (Lipinski definition) is 0. The van der Waals surface area contributed by atoms with Gasteiger partial charge in [0, 0.05) is 11.1 Å². The lowest BCUT2D eigenvalue weighted by molar-refractivity contribution is -0.884. The second kappa shape index (κ2) is 6.70. The van der Waals surface area contributed by atoms with Gasteiger partial charge < -0.3 is 21.7 Å². The Morgan fingerprint density at radius 1 is 1.05 bits per heavy atom. The molecule has 2 nitrogen and oxygen atoms in total.